The zero-order valence-corrected chi connectivity index (χ0v) is 26.3. The molecule has 4 aromatic carbocycles. The number of benzene rings is 4. The quantitative estimate of drug-likeness (QED) is 0.151. The normalized spacial score (nSPS) is 13.0. The topological polar surface area (TPSA) is 38.3 Å². The molecule has 4 aromatic rings. The van der Waals surface area contributed by atoms with E-state index in [1.54, 1.807) is 0 Å². The molecule has 0 radical (unpaired) electrons. The molecule has 0 aliphatic rings. The van der Waals surface area contributed by atoms with Crippen molar-refractivity contribution in [1.29, 1.82) is 0 Å². The minimum atomic E-state index is -3.08. The summed E-state index contributed by atoms with van der Waals surface area (Å²) in [6.07, 6.45) is 2.64. The fourth-order valence-corrected chi connectivity index (χ4v) is 9.95. The second kappa shape index (κ2) is 13.5. The molecule has 1 amide bonds. The number of carbonyl (C=O) groups excluding carboxylic acids is 1. The molecule has 0 aromatic heterocycles. The summed E-state index contributed by atoms with van der Waals surface area (Å²) < 4.78 is 7.41. The van der Waals surface area contributed by atoms with E-state index in [4.69, 9.17) is 4.43 Å². The molecular formula is C37H45NO2Si. The monoisotopic (exact) mass is 563 g/mol. The fourth-order valence-electron chi connectivity index (χ4n) is 5.90. The Kier molecular flexibility index (Phi) is 10.0. The summed E-state index contributed by atoms with van der Waals surface area (Å²) in [5.41, 5.74) is 0.946. The Morgan fingerprint density at radius 1 is 0.707 bits per heavy atom. The van der Waals surface area contributed by atoms with Crippen molar-refractivity contribution in [3.8, 4) is 0 Å². The number of rotatable bonds is 13. The van der Waals surface area contributed by atoms with E-state index in [2.05, 4.69) is 137 Å². The Hall–Kier alpha value is -3.47. The molecule has 4 heteroatoms. The first-order valence-corrected chi connectivity index (χ1v) is 16.8. The summed E-state index contributed by atoms with van der Waals surface area (Å²) in [4.78, 5) is 14.3. The highest BCUT2D eigenvalue weighted by Crippen LogP contribution is 2.31. The summed E-state index contributed by atoms with van der Waals surface area (Å²) in [5, 5.41) is 6.80. The number of nitrogens with one attached hydrogen (secondary N) is 1. The van der Waals surface area contributed by atoms with Crippen LogP contribution in [0.25, 0.3) is 0 Å². The van der Waals surface area contributed by atoms with Gasteiger partial charge in [-0.2, -0.15) is 0 Å². The van der Waals surface area contributed by atoms with E-state index in [9.17, 15) is 4.79 Å². The first-order chi connectivity index (χ1) is 19.7. The van der Waals surface area contributed by atoms with Crippen molar-refractivity contribution in [3.63, 3.8) is 0 Å². The van der Waals surface area contributed by atoms with Gasteiger partial charge in [0.25, 0.3) is 8.32 Å². The van der Waals surface area contributed by atoms with Crippen molar-refractivity contribution < 1.29 is 9.22 Å². The van der Waals surface area contributed by atoms with Crippen molar-refractivity contribution in [2.24, 2.45) is 5.41 Å². The van der Waals surface area contributed by atoms with Gasteiger partial charge in [0.05, 0.1) is 0 Å². The molecule has 0 aliphatic carbocycles. The average molecular weight is 564 g/mol. The van der Waals surface area contributed by atoms with Gasteiger partial charge in [0.1, 0.15) is 6.10 Å². The van der Waals surface area contributed by atoms with Crippen LogP contribution in [-0.2, 0) is 15.6 Å². The van der Waals surface area contributed by atoms with E-state index in [0.29, 0.717) is 6.42 Å². The van der Waals surface area contributed by atoms with E-state index in [0.717, 1.165) is 34.8 Å². The van der Waals surface area contributed by atoms with Gasteiger partial charge in [0.2, 0.25) is 5.91 Å². The Bertz CT molecular complexity index is 1260. The van der Waals surface area contributed by atoms with Crippen molar-refractivity contribution >= 4 is 29.8 Å². The number of amides is 1. The number of aryl methyl sites for hydroxylation is 1. The standard InChI is InChI=1S/C37H45NO2Si/c1-6-36(2,3)29-37(4,5)38-35(39)34(28-27-30-19-11-7-12-20-30)40-41(31-21-13-8-14-22-31,32-23-15-9-16-24-32)33-25-17-10-18-26-33/h7-26,34H,6,27-29H2,1-5H3,(H,38,39). The predicted molar refractivity (Wildman–Crippen MR) is 175 cm³/mol. The zero-order valence-electron chi connectivity index (χ0n) is 25.3. The summed E-state index contributed by atoms with van der Waals surface area (Å²) in [6.45, 7) is 11.0. The molecule has 0 aliphatic heterocycles. The molecule has 3 nitrogen and oxygen atoms in total. The van der Waals surface area contributed by atoms with Crippen LogP contribution in [0.15, 0.2) is 121 Å². The second-order valence-corrected chi connectivity index (χ2v) is 15.8. The Morgan fingerprint density at radius 3 is 1.54 bits per heavy atom. The molecule has 41 heavy (non-hydrogen) atoms. The molecule has 214 valence electrons. The van der Waals surface area contributed by atoms with Gasteiger partial charge in [0, 0.05) is 5.54 Å². The molecule has 4 rings (SSSR count). The van der Waals surface area contributed by atoms with Gasteiger partial charge in [-0.1, -0.05) is 149 Å². The van der Waals surface area contributed by atoms with Gasteiger partial charge in [-0.15, -0.1) is 0 Å². The van der Waals surface area contributed by atoms with Crippen molar-refractivity contribution in [1.82, 2.24) is 5.32 Å². The zero-order chi connectivity index (χ0) is 29.3. The summed E-state index contributed by atoms with van der Waals surface area (Å²) in [5.74, 6) is -0.0440. The Morgan fingerprint density at radius 2 is 1.12 bits per heavy atom. The van der Waals surface area contributed by atoms with Crippen LogP contribution in [0.4, 0.5) is 0 Å². The Labute approximate surface area is 248 Å². The maximum Gasteiger partial charge on any atom is 0.289 e. The van der Waals surface area contributed by atoms with Gasteiger partial charge >= 0.3 is 0 Å². The first-order valence-electron chi connectivity index (χ1n) is 14.9. The number of hydrogen-bond donors (Lipinski definition) is 1. The molecular weight excluding hydrogens is 518 g/mol. The lowest BCUT2D eigenvalue weighted by Gasteiger charge is -2.39. The SMILES string of the molecule is CCC(C)(C)CC(C)(C)NC(=O)C(CCc1ccccc1)O[Si](c1ccccc1)(c1ccccc1)c1ccccc1. The van der Waals surface area contributed by atoms with Crippen LogP contribution in [0, 0.1) is 5.41 Å². The fraction of sp³-hybridized carbons (Fsp3) is 0.324. The third-order valence-electron chi connectivity index (χ3n) is 8.03. The highest BCUT2D eigenvalue weighted by Gasteiger charge is 2.45. The van der Waals surface area contributed by atoms with Crippen molar-refractivity contribution in [3.05, 3.63) is 127 Å². The van der Waals surface area contributed by atoms with Crippen LogP contribution in [0.3, 0.4) is 0 Å². The largest absolute Gasteiger partial charge is 0.392 e. The molecule has 0 saturated carbocycles. The van der Waals surface area contributed by atoms with Gasteiger partial charge in [-0.25, -0.2) is 0 Å². The summed E-state index contributed by atoms with van der Waals surface area (Å²) >= 11 is 0. The lowest BCUT2D eigenvalue weighted by atomic mass is 9.78. The van der Waals surface area contributed by atoms with E-state index >= 15 is 0 Å². The first kappa shape index (κ1) is 30.5. The van der Waals surface area contributed by atoms with Crippen LogP contribution < -0.4 is 20.9 Å². The van der Waals surface area contributed by atoms with Crippen LogP contribution in [-0.4, -0.2) is 25.9 Å². The lowest BCUT2D eigenvalue weighted by molar-refractivity contribution is -0.130. The average Bonchev–Trinajstić information content (AvgIpc) is 2.98. The van der Waals surface area contributed by atoms with Gasteiger partial charge in [-0.05, 0) is 59.6 Å². The molecule has 1 N–H and O–H groups in total. The molecule has 0 bridgehead atoms. The highest BCUT2D eigenvalue weighted by atomic mass is 28.4. The van der Waals surface area contributed by atoms with Crippen molar-refractivity contribution in [2.75, 3.05) is 0 Å². The molecule has 0 heterocycles. The Balaban J connectivity index is 1.80. The maximum absolute atomic E-state index is 14.3. The predicted octanol–water partition coefficient (Wildman–Crippen LogP) is 6.39. The number of hydrogen-bond acceptors (Lipinski definition) is 2. The van der Waals surface area contributed by atoms with Crippen molar-refractivity contribution in [2.45, 2.75) is 71.9 Å². The second-order valence-electron chi connectivity index (χ2n) is 12.5. The van der Waals surface area contributed by atoms with Gasteiger partial charge in [0.15, 0.2) is 0 Å². The third kappa shape index (κ3) is 7.84. The summed E-state index contributed by atoms with van der Waals surface area (Å²) in [6, 6.07) is 41.9. The molecule has 1 atom stereocenters. The van der Waals surface area contributed by atoms with Gasteiger partial charge < -0.3 is 9.74 Å². The molecule has 0 fully saturated rings. The van der Waals surface area contributed by atoms with E-state index < -0.39 is 14.4 Å². The van der Waals surface area contributed by atoms with E-state index in [1.807, 2.05) is 24.3 Å². The smallest absolute Gasteiger partial charge is 0.289 e. The van der Waals surface area contributed by atoms with E-state index in [-0.39, 0.29) is 16.9 Å². The molecule has 1 unspecified atom stereocenters. The minimum Gasteiger partial charge on any atom is -0.392 e. The molecule has 0 saturated heterocycles. The van der Waals surface area contributed by atoms with Crippen LogP contribution in [0.2, 0.25) is 0 Å². The van der Waals surface area contributed by atoms with Crippen LogP contribution in [0.5, 0.6) is 0 Å². The summed E-state index contributed by atoms with van der Waals surface area (Å²) in [7, 11) is -3.08. The van der Waals surface area contributed by atoms with E-state index in [1.165, 1.54) is 5.56 Å². The van der Waals surface area contributed by atoms with Crippen LogP contribution >= 0.6 is 0 Å². The highest BCUT2D eigenvalue weighted by molar-refractivity contribution is 7.07. The van der Waals surface area contributed by atoms with Crippen LogP contribution in [0.1, 0.15) is 59.4 Å². The number of carbonyl (C=O) groups is 1. The van der Waals surface area contributed by atoms with Gasteiger partial charge in [-0.3, -0.25) is 4.79 Å². The lowest BCUT2D eigenvalue weighted by Crippen LogP contribution is -2.71. The third-order valence-corrected chi connectivity index (χ3v) is 12.1. The molecule has 0 spiro atoms. The minimum absolute atomic E-state index is 0.0440. The maximum atomic E-state index is 14.3.